The summed E-state index contributed by atoms with van der Waals surface area (Å²) in [5, 5.41) is 18.9. The number of hydrogen-bond acceptors (Lipinski definition) is 5. The molecule has 0 spiro atoms. The third kappa shape index (κ3) is 1.66. The second-order valence-electron chi connectivity index (χ2n) is 3.63. The van der Waals surface area contributed by atoms with Crippen molar-refractivity contribution in [1.29, 1.82) is 0 Å². The second kappa shape index (κ2) is 4.55. The van der Waals surface area contributed by atoms with Gasteiger partial charge in [0.15, 0.2) is 0 Å². The summed E-state index contributed by atoms with van der Waals surface area (Å²) in [6.45, 7) is -1.14. The number of aromatic nitrogens is 2. The first-order valence-electron chi connectivity index (χ1n) is 5.13. The first-order valence-corrected chi connectivity index (χ1v) is 5.13. The van der Waals surface area contributed by atoms with Crippen LogP contribution in [0.1, 0.15) is 15.9 Å². The van der Waals surface area contributed by atoms with Gasteiger partial charge in [-0.1, -0.05) is 0 Å². The van der Waals surface area contributed by atoms with Gasteiger partial charge in [-0.25, -0.2) is 4.98 Å². The summed E-state index contributed by atoms with van der Waals surface area (Å²) in [4.78, 5) is 27.3. The molecule has 7 nitrogen and oxygen atoms in total. The summed E-state index contributed by atoms with van der Waals surface area (Å²) in [5.74, 6) is -0.947. The lowest BCUT2D eigenvalue weighted by atomic mass is 10.1. The lowest BCUT2D eigenvalue weighted by Gasteiger charge is -2.12. The highest BCUT2D eigenvalue weighted by Crippen LogP contribution is 2.18. The largest absolute Gasteiger partial charge is 0.392 e. The van der Waals surface area contributed by atoms with Crippen LogP contribution in [0.4, 0.5) is 0 Å². The van der Waals surface area contributed by atoms with Gasteiger partial charge in [0, 0.05) is 17.1 Å². The zero-order chi connectivity index (χ0) is 13.3. The summed E-state index contributed by atoms with van der Waals surface area (Å²) in [7, 11) is 0. The van der Waals surface area contributed by atoms with Crippen LogP contribution in [-0.4, -0.2) is 25.7 Å². The van der Waals surface area contributed by atoms with Crippen molar-refractivity contribution in [2.24, 2.45) is 5.73 Å². The summed E-state index contributed by atoms with van der Waals surface area (Å²) in [6, 6.07) is 3.18. The fraction of sp³-hybridized carbons (Fsp3) is 0.182. The molecular formula is C11H11N3O4. The van der Waals surface area contributed by atoms with Crippen LogP contribution in [0.3, 0.4) is 0 Å². The Morgan fingerprint density at radius 1 is 1.44 bits per heavy atom. The van der Waals surface area contributed by atoms with Crippen molar-refractivity contribution in [2.45, 2.75) is 13.3 Å². The average Bonchev–Trinajstić information content (AvgIpc) is 2.36. The number of hydrogen-bond donors (Lipinski definition) is 3. The SMILES string of the molecule is NC(=O)c1c(CO)c2cccnc2n(CO)c1=O. The van der Waals surface area contributed by atoms with E-state index >= 15 is 0 Å². The molecule has 0 aromatic carbocycles. The van der Waals surface area contributed by atoms with Crippen LogP contribution in [0, 0.1) is 0 Å². The molecule has 1 amide bonds. The van der Waals surface area contributed by atoms with Gasteiger partial charge in [0.2, 0.25) is 0 Å². The minimum atomic E-state index is -0.947. The summed E-state index contributed by atoms with van der Waals surface area (Å²) < 4.78 is 0.925. The van der Waals surface area contributed by atoms with Gasteiger partial charge >= 0.3 is 0 Å². The van der Waals surface area contributed by atoms with Gasteiger partial charge < -0.3 is 15.9 Å². The Labute approximate surface area is 101 Å². The van der Waals surface area contributed by atoms with E-state index in [1.807, 2.05) is 0 Å². The number of nitrogens with two attached hydrogens (primary N) is 1. The van der Waals surface area contributed by atoms with E-state index < -0.39 is 24.8 Å². The molecule has 0 radical (unpaired) electrons. The summed E-state index contributed by atoms with van der Waals surface area (Å²) in [5.41, 5.74) is 4.37. The molecule has 0 unspecified atom stereocenters. The fourth-order valence-electron chi connectivity index (χ4n) is 1.89. The first-order chi connectivity index (χ1) is 8.61. The van der Waals surface area contributed by atoms with Crippen LogP contribution >= 0.6 is 0 Å². The molecule has 0 aliphatic heterocycles. The lowest BCUT2D eigenvalue weighted by molar-refractivity contribution is 0.0994. The van der Waals surface area contributed by atoms with Crippen LogP contribution < -0.4 is 11.3 Å². The molecular weight excluding hydrogens is 238 g/mol. The van der Waals surface area contributed by atoms with Gasteiger partial charge in [0.1, 0.15) is 17.9 Å². The second-order valence-corrected chi connectivity index (χ2v) is 3.63. The number of pyridine rings is 2. The molecule has 94 valence electrons. The van der Waals surface area contributed by atoms with Gasteiger partial charge in [-0.2, -0.15) is 0 Å². The van der Waals surface area contributed by atoms with Crippen molar-refractivity contribution < 1.29 is 15.0 Å². The maximum absolute atomic E-state index is 12.0. The Kier molecular flexibility index (Phi) is 3.09. The molecule has 0 fully saturated rings. The van der Waals surface area contributed by atoms with Crippen LogP contribution in [0.5, 0.6) is 0 Å². The number of amides is 1. The molecule has 0 bridgehead atoms. The van der Waals surface area contributed by atoms with Gasteiger partial charge in [-0.15, -0.1) is 0 Å². The number of rotatable bonds is 3. The molecule has 2 rings (SSSR count). The molecule has 0 aliphatic rings. The van der Waals surface area contributed by atoms with Crippen molar-refractivity contribution in [3.05, 3.63) is 39.8 Å². The van der Waals surface area contributed by atoms with Crippen molar-refractivity contribution in [2.75, 3.05) is 0 Å². The third-order valence-electron chi connectivity index (χ3n) is 2.67. The molecule has 0 saturated heterocycles. The topological polar surface area (TPSA) is 118 Å². The highest BCUT2D eigenvalue weighted by Gasteiger charge is 2.19. The van der Waals surface area contributed by atoms with E-state index in [0.29, 0.717) is 5.39 Å². The monoisotopic (exact) mass is 249 g/mol. The maximum atomic E-state index is 12.0. The van der Waals surface area contributed by atoms with Gasteiger partial charge in [0.25, 0.3) is 11.5 Å². The van der Waals surface area contributed by atoms with Gasteiger partial charge in [-0.05, 0) is 12.1 Å². The van der Waals surface area contributed by atoms with Crippen molar-refractivity contribution >= 4 is 16.9 Å². The Bertz CT molecular complexity index is 678. The van der Waals surface area contributed by atoms with E-state index in [0.717, 1.165) is 4.57 Å². The maximum Gasteiger partial charge on any atom is 0.267 e. The van der Waals surface area contributed by atoms with E-state index in [1.54, 1.807) is 12.1 Å². The van der Waals surface area contributed by atoms with Crippen LogP contribution in [-0.2, 0) is 13.3 Å². The minimum absolute atomic E-state index is 0.125. The fourth-order valence-corrected chi connectivity index (χ4v) is 1.89. The standard InChI is InChI=1S/C11H11N3O4/c12-9(17)8-7(4-15)6-2-1-3-13-10(6)14(5-16)11(8)18/h1-3,15-16H,4-5H2,(H2,12,17). The summed E-state index contributed by atoms with van der Waals surface area (Å²) >= 11 is 0. The number of aliphatic hydroxyl groups excluding tert-OH is 2. The Hall–Kier alpha value is -2.25. The predicted octanol–water partition coefficient (Wildman–Crippen LogP) is -1.06. The number of primary amides is 1. The number of nitrogens with zero attached hydrogens (tertiary/aromatic N) is 2. The highest BCUT2D eigenvalue weighted by molar-refractivity contribution is 5.98. The molecule has 2 aromatic heterocycles. The molecule has 0 aliphatic carbocycles. The van der Waals surface area contributed by atoms with Gasteiger partial charge in [-0.3, -0.25) is 14.2 Å². The summed E-state index contributed by atoms with van der Waals surface area (Å²) in [6.07, 6.45) is 1.44. The van der Waals surface area contributed by atoms with E-state index in [-0.39, 0.29) is 16.8 Å². The van der Waals surface area contributed by atoms with Crippen molar-refractivity contribution in [1.82, 2.24) is 9.55 Å². The Morgan fingerprint density at radius 3 is 2.72 bits per heavy atom. The normalized spacial score (nSPS) is 10.8. The van der Waals surface area contributed by atoms with Crippen molar-refractivity contribution in [3.63, 3.8) is 0 Å². The first kappa shape index (κ1) is 12.2. The average molecular weight is 249 g/mol. The third-order valence-corrected chi connectivity index (χ3v) is 2.67. The van der Waals surface area contributed by atoms with Crippen LogP contribution in [0.25, 0.3) is 11.0 Å². The number of aliphatic hydroxyl groups is 2. The minimum Gasteiger partial charge on any atom is -0.392 e. The van der Waals surface area contributed by atoms with Crippen molar-refractivity contribution in [3.8, 4) is 0 Å². The van der Waals surface area contributed by atoms with E-state index in [1.165, 1.54) is 6.20 Å². The Morgan fingerprint density at radius 2 is 2.17 bits per heavy atom. The smallest absolute Gasteiger partial charge is 0.267 e. The van der Waals surface area contributed by atoms with E-state index in [4.69, 9.17) is 5.73 Å². The van der Waals surface area contributed by atoms with E-state index in [9.17, 15) is 19.8 Å². The number of fused-ring (bicyclic) bond motifs is 1. The predicted molar refractivity (Wildman–Crippen MR) is 62.7 cm³/mol. The van der Waals surface area contributed by atoms with Gasteiger partial charge in [0.05, 0.1) is 6.61 Å². The van der Waals surface area contributed by atoms with E-state index in [2.05, 4.69) is 4.98 Å². The molecule has 4 N–H and O–H groups in total. The molecule has 0 atom stereocenters. The molecule has 2 aromatic rings. The zero-order valence-corrected chi connectivity index (χ0v) is 9.33. The highest BCUT2D eigenvalue weighted by atomic mass is 16.3. The molecule has 0 saturated carbocycles. The zero-order valence-electron chi connectivity index (χ0n) is 9.33. The number of carbonyl (C=O) groups excluding carboxylic acids is 1. The Balaban J connectivity index is 3.05. The lowest BCUT2D eigenvalue weighted by Crippen LogP contribution is -2.32. The van der Waals surface area contributed by atoms with Crippen LogP contribution in [0.15, 0.2) is 23.1 Å². The van der Waals surface area contributed by atoms with Crippen LogP contribution in [0.2, 0.25) is 0 Å². The number of carbonyl (C=O) groups is 1. The molecule has 2 heterocycles. The molecule has 18 heavy (non-hydrogen) atoms. The quantitative estimate of drug-likeness (QED) is 0.640. The molecule has 7 heteroatoms.